The Morgan fingerprint density at radius 2 is 1.92 bits per heavy atom. The number of pyridine rings is 1. The summed E-state index contributed by atoms with van der Waals surface area (Å²) >= 11 is 0. The summed E-state index contributed by atoms with van der Waals surface area (Å²) in [6, 6.07) is 18.1. The average Bonchev–Trinajstić information content (AvgIpc) is 3.10. The molecule has 1 aromatic heterocycles. The van der Waals surface area contributed by atoms with Gasteiger partial charge in [0.25, 0.3) is 5.91 Å². The van der Waals surface area contributed by atoms with Gasteiger partial charge in [-0.15, -0.1) is 0 Å². The first-order valence-electron chi connectivity index (χ1n) is 8.22. The Morgan fingerprint density at radius 3 is 2.79 bits per heavy atom. The van der Waals surface area contributed by atoms with E-state index >= 15 is 0 Å². The van der Waals surface area contributed by atoms with Gasteiger partial charge < -0.3 is 10.6 Å². The van der Waals surface area contributed by atoms with E-state index in [2.05, 4.69) is 27.8 Å². The molecule has 2 heterocycles. The van der Waals surface area contributed by atoms with Crippen molar-refractivity contribution < 1.29 is 4.79 Å². The second-order valence-electron chi connectivity index (χ2n) is 6.16. The zero-order valence-corrected chi connectivity index (χ0v) is 13.3. The molecule has 4 heteroatoms. The predicted octanol–water partition coefficient (Wildman–Crippen LogP) is 2.72. The zero-order valence-electron chi connectivity index (χ0n) is 13.3. The fourth-order valence-corrected chi connectivity index (χ4v) is 3.45. The van der Waals surface area contributed by atoms with E-state index in [0.29, 0.717) is 11.5 Å². The Hall–Kier alpha value is -2.72. The first kappa shape index (κ1) is 14.8. The van der Waals surface area contributed by atoms with Gasteiger partial charge in [0.05, 0.1) is 0 Å². The largest absolute Gasteiger partial charge is 0.347 e. The highest BCUT2D eigenvalue weighted by atomic mass is 16.1. The van der Waals surface area contributed by atoms with Gasteiger partial charge in [-0.3, -0.25) is 9.78 Å². The van der Waals surface area contributed by atoms with Crippen molar-refractivity contribution in [2.45, 2.75) is 12.0 Å². The van der Waals surface area contributed by atoms with Crippen LogP contribution in [0.2, 0.25) is 0 Å². The third-order valence-corrected chi connectivity index (χ3v) is 4.68. The fraction of sp³-hybridized carbons (Fsp3) is 0.200. The van der Waals surface area contributed by atoms with Crippen molar-refractivity contribution in [1.29, 1.82) is 0 Å². The van der Waals surface area contributed by atoms with E-state index in [1.54, 1.807) is 12.4 Å². The number of fused-ring (bicyclic) bond motifs is 1. The first-order chi connectivity index (χ1) is 11.8. The molecule has 0 saturated carbocycles. The predicted molar refractivity (Wildman–Crippen MR) is 95.0 cm³/mol. The van der Waals surface area contributed by atoms with Crippen LogP contribution in [-0.4, -0.2) is 30.0 Å². The van der Waals surface area contributed by atoms with Gasteiger partial charge in [-0.2, -0.15) is 0 Å². The highest BCUT2D eigenvalue weighted by molar-refractivity contribution is 6.06. The van der Waals surface area contributed by atoms with Crippen molar-refractivity contribution in [3.63, 3.8) is 0 Å². The molecule has 2 atom stereocenters. The second-order valence-corrected chi connectivity index (χ2v) is 6.16. The Morgan fingerprint density at radius 1 is 1.04 bits per heavy atom. The SMILES string of the molecule is O=C(NC1CNCC1c1ccccc1)c1cccc2cnccc12. The Bertz CT molecular complexity index is 858. The lowest BCUT2D eigenvalue weighted by molar-refractivity contribution is 0.0938. The molecule has 1 saturated heterocycles. The second kappa shape index (κ2) is 6.42. The molecular formula is C20H19N3O. The number of amides is 1. The van der Waals surface area contributed by atoms with E-state index in [1.807, 2.05) is 42.5 Å². The molecule has 1 aliphatic rings. The van der Waals surface area contributed by atoms with Crippen molar-refractivity contribution in [2.24, 2.45) is 0 Å². The van der Waals surface area contributed by atoms with Gasteiger partial charge >= 0.3 is 0 Å². The van der Waals surface area contributed by atoms with Gasteiger partial charge in [-0.05, 0) is 23.1 Å². The molecule has 2 unspecified atom stereocenters. The molecule has 0 aliphatic carbocycles. The summed E-state index contributed by atoms with van der Waals surface area (Å²) in [5, 5.41) is 8.52. The van der Waals surface area contributed by atoms with E-state index in [1.165, 1.54) is 5.56 Å². The normalized spacial score (nSPS) is 20.2. The van der Waals surface area contributed by atoms with Gasteiger partial charge in [-0.25, -0.2) is 0 Å². The van der Waals surface area contributed by atoms with Crippen LogP contribution in [0, 0.1) is 0 Å². The van der Waals surface area contributed by atoms with Crippen molar-refractivity contribution in [2.75, 3.05) is 13.1 Å². The molecule has 1 fully saturated rings. The molecule has 120 valence electrons. The number of carbonyl (C=O) groups excluding carboxylic acids is 1. The standard InChI is InChI=1S/C20H19N3O/c24-20(17-8-4-7-15-11-21-10-9-16(15)17)23-19-13-22-12-18(19)14-5-2-1-3-6-14/h1-11,18-19,22H,12-13H2,(H,23,24). The molecular weight excluding hydrogens is 298 g/mol. The molecule has 3 aromatic rings. The lowest BCUT2D eigenvalue weighted by atomic mass is 9.94. The summed E-state index contributed by atoms with van der Waals surface area (Å²) < 4.78 is 0. The molecule has 4 rings (SSSR count). The maximum Gasteiger partial charge on any atom is 0.252 e. The fourth-order valence-electron chi connectivity index (χ4n) is 3.45. The van der Waals surface area contributed by atoms with E-state index in [9.17, 15) is 4.79 Å². The van der Waals surface area contributed by atoms with Crippen molar-refractivity contribution in [1.82, 2.24) is 15.6 Å². The summed E-state index contributed by atoms with van der Waals surface area (Å²) in [4.78, 5) is 17.0. The van der Waals surface area contributed by atoms with Crippen LogP contribution in [0.15, 0.2) is 67.0 Å². The molecule has 0 bridgehead atoms. The number of rotatable bonds is 3. The molecule has 24 heavy (non-hydrogen) atoms. The van der Waals surface area contributed by atoms with Gasteiger partial charge in [0.1, 0.15) is 0 Å². The third kappa shape index (κ3) is 2.76. The Balaban J connectivity index is 1.59. The minimum absolute atomic E-state index is 0.0265. The summed E-state index contributed by atoms with van der Waals surface area (Å²) in [5.74, 6) is 0.272. The molecule has 2 aromatic carbocycles. The van der Waals surface area contributed by atoms with Crippen LogP contribution in [0.3, 0.4) is 0 Å². The molecule has 1 amide bonds. The van der Waals surface area contributed by atoms with E-state index in [-0.39, 0.29) is 11.9 Å². The van der Waals surface area contributed by atoms with E-state index in [4.69, 9.17) is 0 Å². The first-order valence-corrected chi connectivity index (χ1v) is 8.22. The number of aromatic nitrogens is 1. The van der Waals surface area contributed by atoms with Crippen molar-refractivity contribution >= 4 is 16.7 Å². The lowest BCUT2D eigenvalue weighted by Crippen LogP contribution is -2.39. The van der Waals surface area contributed by atoms with Crippen LogP contribution in [0.4, 0.5) is 0 Å². The number of nitrogens with one attached hydrogen (secondary N) is 2. The summed E-state index contributed by atoms with van der Waals surface area (Å²) in [7, 11) is 0. The minimum atomic E-state index is -0.0265. The molecule has 4 nitrogen and oxygen atoms in total. The topological polar surface area (TPSA) is 54.0 Å². The maximum absolute atomic E-state index is 12.8. The van der Waals surface area contributed by atoms with Crippen LogP contribution in [-0.2, 0) is 0 Å². The molecule has 0 spiro atoms. The average molecular weight is 317 g/mol. The smallest absolute Gasteiger partial charge is 0.252 e. The van der Waals surface area contributed by atoms with Crippen LogP contribution >= 0.6 is 0 Å². The van der Waals surface area contributed by atoms with Crippen molar-refractivity contribution in [3.05, 3.63) is 78.1 Å². The summed E-state index contributed by atoms with van der Waals surface area (Å²) in [5.41, 5.74) is 1.96. The molecule has 1 aliphatic heterocycles. The number of nitrogens with zero attached hydrogens (tertiary/aromatic N) is 1. The number of hydrogen-bond acceptors (Lipinski definition) is 3. The summed E-state index contributed by atoms with van der Waals surface area (Å²) in [6.45, 7) is 1.67. The summed E-state index contributed by atoms with van der Waals surface area (Å²) in [6.07, 6.45) is 3.51. The van der Waals surface area contributed by atoms with Gasteiger partial charge in [0.15, 0.2) is 0 Å². The van der Waals surface area contributed by atoms with Crippen molar-refractivity contribution in [3.8, 4) is 0 Å². The van der Waals surface area contributed by atoms with E-state index in [0.717, 1.165) is 23.9 Å². The lowest BCUT2D eigenvalue weighted by Gasteiger charge is -2.21. The van der Waals surface area contributed by atoms with Gasteiger partial charge in [-0.1, -0.05) is 42.5 Å². The number of benzene rings is 2. The highest BCUT2D eigenvalue weighted by Gasteiger charge is 2.30. The van der Waals surface area contributed by atoms with E-state index < -0.39 is 0 Å². The Kier molecular flexibility index (Phi) is 3.97. The van der Waals surface area contributed by atoms with Gasteiger partial charge in [0.2, 0.25) is 0 Å². The third-order valence-electron chi connectivity index (χ3n) is 4.68. The van der Waals surface area contributed by atoms with Crippen LogP contribution < -0.4 is 10.6 Å². The van der Waals surface area contributed by atoms with Crippen LogP contribution in [0.25, 0.3) is 10.8 Å². The Labute approximate surface area is 140 Å². The highest BCUT2D eigenvalue weighted by Crippen LogP contribution is 2.24. The minimum Gasteiger partial charge on any atom is -0.347 e. The van der Waals surface area contributed by atoms with Crippen LogP contribution in [0.5, 0.6) is 0 Å². The maximum atomic E-state index is 12.8. The molecule has 2 N–H and O–H groups in total. The van der Waals surface area contributed by atoms with Gasteiger partial charge in [0, 0.05) is 48.4 Å². The zero-order chi connectivity index (χ0) is 16.4. The molecule has 0 radical (unpaired) electrons. The number of hydrogen-bond donors (Lipinski definition) is 2. The van der Waals surface area contributed by atoms with Crippen LogP contribution in [0.1, 0.15) is 21.8 Å². The quantitative estimate of drug-likeness (QED) is 0.781. The monoisotopic (exact) mass is 317 g/mol. The number of carbonyl (C=O) groups is 1.